The Kier molecular flexibility index (Phi) is 4.34. The number of sulfonamides is 1. The molecule has 0 bridgehead atoms. The molecule has 23 heavy (non-hydrogen) atoms. The zero-order valence-electron chi connectivity index (χ0n) is 13.1. The molecule has 4 N–H and O–H groups in total. The second-order valence-electron chi connectivity index (χ2n) is 5.64. The van der Waals surface area contributed by atoms with Crippen LogP contribution in [0.5, 0.6) is 0 Å². The van der Waals surface area contributed by atoms with Crippen molar-refractivity contribution in [2.75, 3.05) is 19.0 Å². The summed E-state index contributed by atoms with van der Waals surface area (Å²) in [4.78, 5) is 12.9. The van der Waals surface area contributed by atoms with Gasteiger partial charge in [0.25, 0.3) is 0 Å². The molecule has 2 aromatic rings. The third kappa shape index (κ3) is 3.29. The Bertz CT molecular complexity index is 860. The summed E-state index contributed by atoms with van der Waals surface area (Å²) in [6, 6.07) is 10.1. The predicted octanol–water partition coefficient (Wildman–Crippen LogP) is 0.944. The molecule has 1 unspecified atom stereocenters. The molecule has 8 heteroatoms. The van der Waals surface area contributed by atoms with Crippen LogP contribution in [0.1, 0.15) is 6.92 Å². The molecule has 0 aliphatic carbocycles. The van der Waals surface area contributed by atoms with Crippen molar-refractivity contribution in [1.82, 2.24) is 4.72 Å². The average molecular weight is 337 g/mol. The minimum Gasteiger partial charge on any atom is -0.479 e. The van der Waals surface area contributed by atoms with E-state index in [9.17, 15) is 13.2 Å². The highest BCUT2D eigenvalue weighted by atomic mass is 32.2. The maximum atomic E-state index is 12.6. The number of anilines is 1. The SMILES string of the molecule is CN(C)c1cccc2c(S(=O)(=O)NC(C)(N)C(=O)O)cccc12. The molecular weight excluding hydrogens is 318 g/mol. The molecule has 0 saturated heterocycles. The summed E-state index contributed by atoms with van der Waals surface area (Å²) in [5, 5.41) is 10.3. The molecule has 2 rings (SSSR count). The van der Waals surface area contributed by atoms with Gasteiger partial charge < -0.3 is 15.7 Å². The second kappa shape index (κ2) is 5.80. The zero-order valence-corrected chi connectivity index (χ0v) is 13.9. The van der Waals surface area contributed by atoms with E-state index < -0.39 is 21.7 Å². The molecule has 0 aliphatic rings. The van der Waals surface area contributed by atoms with Gasteiger partial charge in [-0.1, -0.05) is 24.3 Å². The molecule has 1 atom stereocenters. The van der Waals surface area contributed by atoms with Gasteiger partial charge in [0, 0.05) is 30.6 Å². The van der Waals surface area contributed by atoms with Gasteiger partial charge in [0.15, 0.2) is 5.66 Å². The number of nitrogens with one attached hydrogen (secondary N) is 1. The second-order valence-corrected chi connectivity index (χ2v) is 7.29. The van der Waals surface area contributed by atoms with Crippen molar-refractivity contribution in [2.45, 2.75) is 17.5 Å². The maximum absolute atomic E-state index is 12.6. The van der Waals surface area contributed by atoms with Crippen LogP contribution in [-0.2, 0) is 14.8 Å². The molecule has 0 aromatic heterocycles. The van der Waals surface area contributed by atoms with E-state index in [1.807, 2.05) is 35.9 Å². The first-order valence-electron chi connectivity index (χ1n) is 6.81. The van der Waals surface area contributed by atoms with Gasteiger partial charge in [-0.05, 0) is 19.1 Å². The first kappa shape index (κ1) is 17.2. The first-order chi connectivity index (χ1) is 10.6. The molecule has 2 aromatic carbocycles. The molecule has 124 valence electrons. The van der Waals surface area contributed by atoms with Crippen molar-refractivity contribution >= 4 is 32.5 Å². The Morgan fingerprint density at radius 1 is 1.17 bits per heavy atom. The van der Waals surface area contributed by atoms with E-state index in [0.29, 0.717) is 5.39 Å². The summed E-state index contributed by atoms with van der Waals surface area (Å²) in [5.41, 5.74) is 4.26. The summed E-state index contributed by atoms with van der Waals surface area (Å²) in [5.74, 6) is -1.46. The largest absolute Gasteiger partial charge is 0.479 e. The minimum absolute atomic E-state index is 0.0170. The van der Waals surface area contributed by atoms with Gasteiger partial charge in [-0.15, -0.1) is 0 Å². The normalized spacial score (nSPS) is 14.4. The third-order valence-electron chi connectivity index (χ3n) is 3.42. The summed E-state index contributed by atoms with van der Waals surface area (Å²) in [6.07, 6.45) is 0. The van der Waals surface area contributed by atoms with Crippen molar-refractivity contribution in [3.05, 3.63) is 36.4 Å². The van der Waals surface area contributed by atoms with Crippen LogP contribution in [-0.4, -0.2) is 39.3 Å². The summed E-state index contributed by atoms with van der Waals surface area (Å²) in [6.45, 7) is 1.09. The number of fused-ring (bicyclic) bond motifs is 1. The molecule has 0 spiro atoms. The molecule has 0 saturated carbocycles. The Hall–Kier alpha value is -2.16. The van der Waals surface area contributed by atoms with Crippen molar-refractivity contribution in [2.24, 2.45) is 5.73 Å². The Balaban J connectivity index is 2.65. The van der Waals surface area contributed by atoms with Crippen molar-refractivity contribution in [3.63, 3.8) is 0 Å². The molecule has 0 radical (unpaired) electrons. The average Bonchev–Trinajstić information content (AvgIpc) is 2.44. The number of rotatable bonds is 5. The van der Waals surface area contributed by atoms with Crippen LogP contribution < -0.4 is 15.4 Å². The van der Waals surface area contributed by atoms with Gasteiger partial charge in [-0.3, -0.25) is 0 Å². The molecule has 0 aliphatic heterocycles. The van der Waals surface area contributed by atoms with E-state index in [1.165, 1.54) is 6.07 Å². The number of benzene rings is 2. The predicted molar refractivity (Wildman–Crippen MR) is 88.8 cm³/mol. The smallest absolute Gasteiger partial charge is 0.339 e. The first-order valence-corrected chi connectivity index (χ1v) is 8.30. The van der Waals surface area contributed by atoms with Gasteiger partial charge >= 0.3 is 5.97 Å². The number of aliphatic carboxylic acids is 1. The van der Waals surface area contributed by atoms with Crippen molar-refractivity contribution < 1.29 is 18.3 Å². The van der Waals surface area contributed by atoms with E-state index in [4.69, 9.17) is 10.8 Å². The number of hydrogen-bond acceptors (Lipinski definition) is 5. The van der Waals surface area contributed by atoms with E-state index >= 15 is 0 Å². The van der Waals surface area contributed by atoms with Gasteiger partial charge in [0.05, 0.1) is 4.90 Å². The number of carboxylic acid groups (broad SMARTS) is 1. The Morgan fingerprint density at radius 2 is 1.74 bits per heavy atom. The van der Waals surface area contributed by atoms with Crippen LogP contribution in [0.3, 0.4) is 0 Å². The fourth-order valence-electron chi connectivity index (χ4n) is 2.27. The Labute approximate surface area is 134 Å². The van der Waals surface area contributed by atoms with E-state index in [-0.39, 0.29) is 4.90 Å². The summed E-state index contributed by atoms with van der Waals surface area (Å²) >= 11 is 0. The van der Waals surface area contributed by atoms with E-state index in [1.54, 1.807) is 18.2 Å². The number of nitrogens with zero attached hydrogens (tertiary/aromatic N) is 1. The van der Waals surface area contributed by atoms with Gasteiger partial charge in [-0.2, -0.15) is 4.72 Å². The quantitative estimate of drug-likeness (QED) is 0.700. The fourth-order valence-corrected chi connectivity index (χ4v) is 3.75. The summed E-state index contributed by atoms with van der Waals surface area (Å²) in [7, 11) is -0.393. The molecule has 0 fully saturated rings. The lowest BCUT2D eigenvalue weighted by atomic mass is 10.1. The van der Waals surface area contributed by atoms with E-state index in [0.717, 1.165) is 18.0 Å². The topological polar surface area (TPSA) is 113 Å². The van der Waals surface area contributed by atoms with Crippen molar-refractivity contribution in [3.8, 4) is 0 Å². The van der Waals surface area contributed by atoms with Crippen LogP contribution in [0.25, 0.3) is 10.8 Å². The highest BCUT2D eigenvalue weighted by molar-refractivity contribution is 7.89. The maximum Gasteiger partial charge on any atom is 0.339 e. The van der Waals surface area contributed by atoms with Crippen molar-refractivity contribution in [1.29, 1.82) is 0 Å². The zero-order chi connectivity index (χ0) is 17.4. The monoisotopic (exact) mass is 337 g/mol. The number of carboxylic acids is 1. The lowest BCUT2D eigenvalue weighted by Gasteiger charge is -2.22. The lowest BCUT2D eigenvalue weighted by Crippen LogP contribution is -2.59. The molecule has 7 nitrogen and oxygen atoms in total. The lowest BCUT2D eigenvalue weighted by molar-refractivity contribution is -0.143. The highest BCUT2D eigenvalue weighted by Crippen LogP contribution is 2.30. The minimum atomic E-state index is -4.11. The third-order valence-corrected chi connectivity index (χ3v) is 5.05. The summed E-state index contributed by atoms with van der Waals surface area (Å²) < 4.78 is 27.2. The molecule has 0 amide bonds. The highest BCUT2D eigenvalue weighted by Gasteiger charge is 2.34. The van der Waals surface area contributed by atoms with Gasteiger partial charge in [-0.25, -0.2) is 13.2 Å². The number of carbonyl (C=O) groups is 1. The van der Waals surface area contributed by atoms with Gasteiger partial charge in [0.2, 0.25) is 10.0 Å². The van der Waals surface area contributed by atoms with Crippen LogP contribution >= 0.6 is 0 Å². The van der Waals surface area contributed by atoms with Crippen LogP contribution in [0, 0.1) is 0 Å². The van der Waals surface area contributed by atoms with Crippen LogP contribution in [0.2, 0.25) is 0 Å². The standard InChI is InChI=1S/C15H19N3O4S/c1-15(16,14(19)20)17-23(21,22)13-9-5-6-10-11(13)7-4-8-12(10)18(2)3/h4-9,17H,16H2,1-3H3,(H,19,20). The fraction of sp³-hybridized carbons (Fsp3) is 0.267. The molecular formula is C15H19N3O4S. The van der Waals surface area contributed by atoms with E-state index in [2.05, 4.69) is 0 Å². The van der Waals surface area contributed by atoms with Crippen LogP contribution in [0.15, 0.2) is 41.3 Å². The molecule has 0 heterocycles. The van der Waals surface area contributed by atoms with Crippen LogP contribution in [0.4, 0.5) is 5.69 Å². The Morgan fingerprint density at radius 3 is 2.30 bits per heavy atom. The van der Waals surface area contributed by atoms with Gasteiger partial charge in [0.1, 0.15) is 0 Å². The number of hydrogen-bond donors (Lipinski definition) is 3. The number of nitrogens with two attached hydrogens (primary N) is 1.